The Labute approximate surface area is 174 Å². The summed E-state index contributed by atoms with van der Waals surface area (Å²) in [7, 11) is 3.94. The van der Waals surface area contributed by atoms with Crippen molar-refractivity contribution < 1.29 is 13.8 Å². The summed E-state index contributed by atoms with van der Waals surface area (Å²) in [5, 5.41) is 0.702. The van der Waals surface area contributed by atoms with Gasteiger partial charge < -0.3 is 9.32 Å². The van der Waals surface area contributed by atoms with E-state index in [1.807, 2.05) is 73.6 Å². The number of aromatic nitrogens is 1. The second-order valence-corrected chi connectivity index (χ2v) is 7.11. The number of para-hydroxylation sites is 1. The number of Topliss-reactive ketones (excluding diaryl/α,β-unsaturated/α-hetero) is 1. The molecule has 2 aromatic heterocycles. The van der Waals surface area contributed by atoms with E-state index in [4.69, 9.17) is 4.42 Å². The van der Waals surface area contributed by atoms with Crippen molar-refractivity contribution in [3.05, 3.63) is 107 Å². The summed E-state index contributed by atoms with van der Waals surface area (Å²) in [6.45, 7) is 0. The SMILES string of the molecule is CN(C)c1ccc(/C=C(/C(=O)c2cc3ccccc3oc2=O)[n+]2ccccc2)cc1. The maximum atomic E-state index is 13.4. The summed E-state index contributed by atoms with van der Waals surface area (Å²) in [6.07, 6.45) is 5.33. The molecule has 148 valence electrons. The Bertz CT molecular complexity index is 1290. The summed E-state index contributed by atoms with van der Waals surface area (Å²) in [6, 6.07) is 22.1. The molecule has 0 amide bonds. The highest BCUT2D eigenvalue weighted by Gasteiger charge is 2.25. The average Bonchev–Trinajstić information content (AvgIpc) is 2.77. The number of ketones is 1. The fourth-order valence-corrected chi connectivity index (χ4v) is 3.20. The van der Waals surface area contributed by atoms with E-state index in [0.717, 1.165) is 11.3 Å². The summed E-state index contributed by atoms with van der Waals surface area (Å²) < 4.78 is 7.08. The Kier molecular flexibility index (Phi) is 5.26. The van der Waals surface area contributed by atoms with Crippen molar-refractivity contribution in [1.82, 2.24) is 0 Å². The number of hydrogen-bond donors (Lipinski definition) is 0. The van der Waals surface area contributed by atoms with Crippen molar-refractivity contribution in [2.24, 2.45) is 0 Å². The molecule has 0 aliphatic carbocycles. The number of carbonyl (C=O) groups is 1. The molecule has 0 fully saturated rings. The lowest BCUT2D eigenvalue weighted by Gasteiger charge is -2.11. The molecule has 0 radical (unpaired) electrons. The van der Waals surface area contributed by atoms with E-state index >= 15 is 0 Å². The summed E-state index contributed by atoms with van der Waals surface area (Å²) >= 11 is 0. The molecule has 0 atom stereocenters. The molecule has 0 saturated carbocycles. The molecule has 0 spiro atoms. The second kappa shape index (κ2) is 8.17. The monoisotopic (exact) mass is 397 g/mol. The van der Waals surface area contributed by atoms with Crippen LogP contribution in [0.5, 0.6) is 0 Å². The first-order valence-electron chi connectivity index (χ1n) is 9.56. The minimum Gasteiger partial charge on any atom is -0.422 e. The Morgan fingerprint density at radius 3 is 2.33 bits per heavy atom. The molecule has 4 aromatic rings. The zero-order valence-corrected chi connectivity index (χ0v) is 16.8. The highest BCUT2D eigenvalue weighted by atomic mass is 16.4. The third-order valence-electron chi connectivity index (χ3n) is 4.83. The fourth-order valence-electron chi connectivity index (χ4n) is 3.20. The van der Waals surface area contributed by atoms with Crippen LogP contribution in [-0.2, 0) is 0 Å². The normalized spacial score (nSPS) is 11.5. The number of rotatable bonds is 5. The van der Waals surface area contributed by atoms with E-state index in [0.29, 0.717) is 16.7 Å². The van der Waals surface area contributed by atoms with Crippen LogP contribution in [0.15, 0.2) is 94.4 Å². The maximum absolute atomic E-state index is 13.4. The predicted octanol–water partition coefficient (Wildman–Crippen LogP) is 4.03. The third kappa shape index (κ3) is 3.91. The predicted molar refractivity (Wildman–Crippen MR) is 118 cm³/mol. The topological polar surface area (TPSA) is 54.4 Å². The number of allylic oxidation sites excluding steroid dienone is 1. The molecule has 2 aromatic carbocycles. The Morgan fingerprint density at radius 2 is 1.63 bits per heavy atom. The number of pyridine rings is 1. The van der Waals surface area contributed by atoms with Crippen LogP contribution in [0.4, 0.5) is 5.69 Å². The Hall–Kier alpha value is -3.99. The molecular formula is C25H21N2O3+. The van der Waals surface area contributed by atoms with Crippen LogP contribution in [0.1, 0.15) is 15.9 Å². The molecule has 0 saturated heterocycles. The van der Waals surface area contributed by atoms with Gasteiger partial charge in [-0.2, -0.15) is 4.57 Å². The van der Waals surface area contributed by atoms with Crippen LogP contribution in [0.3, 0.4) is 0 Å². The van der Waals surface area contributed by atoms with Crippen LogP contribution in [0, 0.1) is 0 Å². The molecule has 4 rings (SSSR count). The first-order chi connectivity index (χ1) is 14.5. The van der Waals surface area contributed by atoms with Gasteiger partial charge >= 0.3 is 5.63 Å². The summed E-state index contributed by atoms with van der Waals surface area (Å²) in [4.78, 5) is 28.0. The third-order valence-corrected chi connectivity index (χ3v) is 4.83. The number of benzene rings is 2. The van der Waals surface area contributed by atoms with Crippen LogP contribution < -0.4 is 15.1 Å². The van der Waals surface area contributed by atoms with Crippen LogP contribution in [-0.4, -0.2) is 19.9 Å². The lowest BCUT2D eigenvalue weighted by Crippen LogP contribution is -2.36. The lowest BCUT2D eigenvalue weighted by atomic mass is 10.1. The average molecular weight is 397 g/mol. The molecule has 30 heavy (non-hydrogen) atoms. The molecule has 5 nitrogen and oxygen atoms in total. The fraction of sp³-hybridized carbons (Fsp3) is 0.0800. The van der Waals surface area contributed by atoms with E-state index < -0.39 is 11.4 Å². The van der Waals surface area contributed by atoms with Crippen molar-refractivity contribution >= 4 is 34.2 Å². The van der Waals surface area contributed by atoms with Gasteiger partial charge in [-0.15, -0.1) is 0 Å². The van der Waals surface area contributed by atoms with Gasteiger partial charge in [0.1, 0.15) is 11.1 Å². The molecular weight excluding hydrogens is 376 g/mol. The highest BCUT2D eigenvalue weighted by Crippen LogP contribution is 2.18. The standard InChI is InChI=1S/C25H21N2O3/c1-26(2)20-12-10-18(11-13-20)16-22(27-14-6-3-7-15-27)24(28)21-17-19-8-4-5-9-23(19)30-25(21)29/h3-17H,1-2H3/q+1/b22-16-. The van der Waals surface area contributed by atoms with Gasteiger partial charge in [0.25, 0.3) is 11.5 Å². The number of fused-ring (bicyclic) bond motifs is 1. The largest absolute Gasteiger partial charge is 0.422 e. The van der Waals surface area contributed by atoms with E-state index in [1.54, 1.807) is 41.2 Å². The maximum Gasteiger partial charge on any atom is 0.347 e. The van der Waals surface area contributed by atoms with E-state index in [-0.39, 0.29) is 5.56 Å². The molecule has 0 bridgehead atoms. The molecule has 0 unspecified atom stereocenters. The van der Waals surface area contributed by atoms with Crippen molar-refractivity contribution in [1.29, 1.82) is 0 Å². The van der Waals surface area contributed by atoms with Crippen molar-refractivity contribution in [2.75, 3.05) is 19.0 Å². The number of hydrogen-bond acceptors (Lipinski definition) is 4. The lowest BCUT2D eigenvalue weighted by molar-refractivity contribution is -0.575. The van der Waals surface area contributed by atoms with Crippen molar-refractivity contribution in [3.8, 4) is 0 Å². The zero-order chi connectivity index (χ0) is 21.1. The van der Waals surface area contributed by atoms with Gasteiger partial charge in [0.15, 0.2) is 12.4 Å². The number of carbonyl (C=O) groups excluding carboxylic acids is 1. The number of nitrogens with zero attached hydrogens (tertiary/aromatic N) is 2. The molecule has 0 N–H and O–H groups in total. The zero-order valence-electron chi connectivity index (χ0n) is 16.8. The Morgan fingerprint density at radius 1 is 0.933 bits per heavy atom. The molecule has 0 aliphatic heterocycles. The van der Waals surface area contributed by atoms with Gasteiger partial charge in [-0.05, 0) is 29.8 Å². The first-order valence-corrected chi connectivity index (χ1v) is 9.56. The van der Waals surface area contributed by atoms with Gasteiger partial charge in [-0.1, -0.05) is 36.4 Å². The van der Waals surface area contributed by atoms with Gasteiger partial charge in [0, 0.05) is 43.4 Å². The van der Waals surface area contributed by atoms with Crippen LogP contribution in [0.25, 0.3) is 22.7 Å². The van der Waals surface area contributed by atoms with E-state index in [9.17, 15) is 9.59 Å². The minimum atomic E-state index is -0.649. The van der Waals surface area contributed by atoms with Gasteiger partial charge in [-0.3, -0.25) is 4.79 Å². The first kappa shape index (κ1) is 19.3. The van der Waals surface area contributed by atoms with E-state index in [2.05, 4.69) is 0 Å². The number of anilines is 1. The van der Waals surface area contributed by atoms with Crippen molar-refractivity contribution in [2.45, 2.75) is 0 Å². The summed E-state index contributed by atoms with van der Waals surface area (Å²) in [5.74, 6) is -0.401. The summed E-state index contributed by atoms with van der Waals surface area (Å²) in [5.41, 5.74) is 2.07. The Balaban J connectivity index is 1.83. The van der Waals surface area contributed by atoms with Crippen LogP contribution in [0.2, 0.25) is 0 Å². The molecule has 5 heteroatoms. The molecule has 0 aliphatic rings. The van der Waals surface area contributed by atoms with E-state index in [1.165, 1.54) is 0 Å². The van der Waals surface area contributed by atoms with Crippen LogP contribution >= 0.6 is 0 Å². The quantitative estimate of drug-likeness (QED) is 0.221. The van der Waals surface area contributed by atoms with Gasteiger partial charge in [-0.25, -0.2) is 4.79 Å². The van der Waals surface area contributed by atoms with Gasteiger partial charge in [0.05, 0.1) is 0 Å². The van der Waals surface area contributed by atoms with Crippen molar-refractivity contribution in [3.63, 3.8) is 0 Å². The van der Waals surface area contributed by atoms with Gasteiger partial charge in [0.2, 0.25) is 0 Å². The molecule has 2 heterocycles. The minimum absolute atomic E-state index is 0.00112. The highest BCUT2D eigenvalue weighted by molar-refractivity contribution is 6.25. The second-order valence-electron chi connectivity index (χ2n) is 7.11. The smallest absolute Gasteiger partial charge is 0.347 e.